The molecule has 8 heavy (non-hydrogen) atoms. The first-order chi connectivity index (χ1) is 3.93. The molecule has 0 aliphatic rings. The van der Waals surface area contributed by atoms with E-state index in [1.54, 1.807) is 0 Å². The molecular weight excluding hydrogens is 215 g/mol. The number of nitrogens with one attached hydrogen (secondary N) is 1. The minimum atomic E-state index is 0.249. The van der Waals surface area contributed by atoms with E-state index in [4.69, 9.17) is 0 Å². The molecule has 0 saturated heterocycles. The van der Waals surface area contributed by atoms with E-state index in [2.05, 4.69) is 23.2 Å². The monoisotopic (exact) mass is 223 g/mol. The van der Waals surface area contributed by atoms with Crippen LogP contribution in [0.5, 0.6) is 0 Å². The Morgan fingerprint density at radius 1 is 1.88 bits per heavy atom. The Hall–Kier alpha value is -0.0600. The fraction of sp³-hybridized carbons (Fsp3) is 0.400. The summed E-state index contributed by atoms with van der Waals surface area (Å²) in [5, 5.41) is 6.78. The number of aromatic amines is 1. The Kier molecular flexibility index (Phi) is 2.32. The van der Waals surface area contributed by atoms with Crippen molar-refractivity contribution >= 4 is 0 Å². The zero-order valence-electron chi connectivity index (χ0n) is 4.69. The van der Waals surface area contributed by atoms with Crippen molar-refractivity contribution in [3.8, 4) is 0 Å². The fourth-order valence-corrected chi connectivity index (χ4v) is 2.00. The van der Waals surface area contributed by atoms with Crippen LogP contribution in [0.2, 0.25) is 0 Å². The molecule has 0 amide bonds. The van der Waals surface area contributed by atoms with Gasteiger partial charge in [-0.15, -0.1) is 0 Å². The van der Waals surface area contributed by atoms with E-state index in [-0.39, 0.29) is 21.2 Å². The van der Waals surface area contributed by atoms with Gasteiger partial charge in [-0.05, 0) is 0 Å². The van der Waals surface area contributed by atoms with E-state index in [9.17, 15) is 0 Å². The van der Waals surface area contributed by atoms with Gasteiger partial charge in [-0.1, -0.05) is 0 Å². The molecule has 0 bridgehead atoms. The number of hydrogen-bond donors (Lipinski definition) is 1. The van der Waals surface area contributed by atoms with Crippen LogP contribution >= 0.6 is 0 Å². The Balaban J connectivity index is 2.50. The maximum atomic E-state index is 3.84. The summed E-state index contributed by atoms with van der Waals surface area (Å²) in [6, 6.07) is 2.05. The van der Waals surface area contributed by atoms with Gasteiger partial charge in [-0.3, -0.25) is 0 Å². The van der Waals surface area contributed by atoms with Gasteiger partial charge in [0.15, 0.2) is 0 Å². The van der Waals surface area contributed by atoms with Gasteiger partial charge >= 0.3 is 58.7 Å². The van der Waals surface area contributed by atoms with Crippen molar-refractivity contribution in [3.05, 3.63) is 16.0 Å². The Labute approximate surface area is 58.9 Å². The zero-order valence-corrected chi connectivity index (χ0v) is 6.84. The quantitative estimate of drug-likeness (QED) is 0.443. The SMILES string of the molecule is CC[I-]c1ccn[nH]1. The summed E-state index contributed by atoms with van der Waals surface area (Å²) >= 11 is 0.249. The van der Waals surface area contributed by atoms with Crippen LogP contribution in [0.1, 0.15) is 6.92 Å². The van der Waals surface area contributed by atoms with Crippen molar-refractivity contribution in [2.24, 2.45) is 0 Å². The molecule has 0 fully saturated rings. The Bertz CT molecular complexity index is 136. The van der Waals surface area contributed by atoms with E-state index in [1.807, 2.05) is 6.20 Å². The molecule has 1 heterocycles. The molecule has 2 nitrogen and oxygen atoms in total. The number of aromatic nitrogens is 2. The van der Waals surface area contributed by atoms with Crippen LogP contribution in [0.3, 0.4) is 0 Å². The molecule has 46 valence electrons. The summed E-state index contributed by atoms with van der Waals surface area (Å²) in [7, 11) is 0. The van der Waals surface area contributed by atoms with Crippen molar-refractivity contribution in [1.29, 1.82) is 0 Å². The molecule has 1 rings (SSSR count). The second-order valence-electron chi connectivity index (χ2n) is 1.31. The molecule has 1 N–H and O–H groups in total. The number of H-pyrrole nitrogens is 1. The zero-order chi connectivity index (χ0) is 5.82. The normalized spacial score (nSPS) is 10.1. The van der Waals surface area contributed by atoms with Crippen LogP contribution in [-0.4, -0.2) is 14.6 Å². The van der Waals surface area contributed by atoms with Gasteiger partial charge in [-0.2, -0.15) is 0 Å². The minimum absolute atomic E-state index is 0.249. The molecule has 1 aromatic rings. The predicted octanol–water partition coefficient (Wildman–Crippen LogP) is -2.31. The van der Waals surface area contributed by atoms with Gasteiger partial charge < -0.3 is 0 Å². The molecule has 0 unspecified atom stereocenters. The van der Waals surface area contributed by atoms with Gasteiger partial charge in [0, 0.05) is 0 Å². The third-order valence-corrected chi connectivity index (χ3v) is 2.93. The first kappa shape index (κ1) is 6.07. The Morgan fingerprint density at radius 3 is 3.25 bits per heavy atom. The summed E-state index contributed by atoms with van der Waals surface area (Å²) in [4.78, 5) is 0. The molecule has 0 aromatic carbocycles. The van der Waals surface area contributed by atoms with Gasteiger partial charge in [0.25, 0.3) is 0 Å². The third-order valence-electron chi connectivity index (χ3n) is 0.744. The number of rotatable bonds is 2. The van der Waals surface area contributed by atoms with Gasteiger partial charge in [0.1, 0.15) is 0 Å². The molecule has 1 aromatic heterocycles. The second-order valence-corrected chi connectivity index (χ2v) is 4.76. The first-order valence-corrected chi connectivity index (χ1v) is 5.12. The summed E-state index contributed by atoms with van der Waals surface area (Å²) < 4.78 is 2.63. The van der Waals surface area contributed by atoms with E-state index >= 15 is 0 Å². The van der Waals surface area contributed by atoms with Gasteiger partial charge in [0.05, 0.1) is 0 Å². The summed E-state index contributed by atoms with van der Waals surface area (Å²) in [5.74, 6) is 0. The average molecular weight is 223 g/mol. The van der Waals surface area contributed by atoms with Crippen LogP contribution in [0, 0.1) is 3.70 Å². The van der Waals surface area contributed by atoms with Crippen molar-refractivity contribution in [2.75, 3.05) is 4.43 Å². The summed E-state index contributed by atoms with van der Waals surface area (Å²) in [6.45, 7) is 2.20. The van der Waals surface area contributed by atoms with E-state index < -0.39 is 0 Å². The van der Waals surface area contributed by atoms with Crippen molar-refractivity contribution in [3.63, 3.8) is 0 Å². The standard InChI is InChI=1S/C5H8IN2/c1-2-6-5-3-4-7-8-5/h3-4H,2H2,1H3,(H,7,8)/q-1. The Morgan fingerprint density at radius 2 is 2.75 bits per heavy atom. The number of alkyl halides is 1. The van der Waals surface area contributed by atoms with E-state index in [1.165, 1.54) is 8.13 Å². The molecule has 3 heteroatoms. The number of hydrogen-bond acceptors (Lipinski definition) is 1. The van der Waals surface area contributed by atoms with Gasteiger partial charge in [-0.25, -0.2) is 0 Å². The van der Waals surface area contributed by atoms with Crippen LogP contribution in [0.15, 0.2) is 12.3 Å². The van der Waals surface area contributed by atoms with E-state index in [0.717, 1.165) is 0 Å². The summed E-state index contributed by atoms with van der Waals surface area (Å²) in [6.07, 6.45) is 1.81. The predicted molar refractivity (Wildman–Crippen MR) is 27.8 cm³/mol. The first-order valence-electron chi connectivity index (χ1n) is 2.52. The molecular formula is C5H8IN2-. The van der Waals surface area contributed by atoms with Crippen LogP contribution in [0.25, 0.3) is 0 Å². The summed E-state index contributed by atoms with van der Waals surface area (Å²) in [5.41, 5.74) is 0. The van der Waals surface area contributed by atoms with Gasteiger partial charge in [0.2, 0.25) is 0 Å². The molecule has 0 radical (unpaired) electrons. The van der Waals surface area contributed by atoms with Crippen LogP contribution in [-0.2, 0) is 0 Å². The number of halogens is 1. The van der Waals surface area contributed by atoms with Crippen LogP contribution < -0.4 is 21.2 Å². The molecule has 0 atom stereocenters. The molecule has 0 aliphatic heterocycles. The van der Waals surface area contributed by atoms with E-state index in [0.29, 0.717) is 0 Å². The third kappa shape index (κ3) is 1.47. The average Bonchev–Trinajstić information content (AvgIpc) is 2.19. The fourth-order valence-electron chi connectivity index (χ4n) is 0.457. The van der Waals surface area contributed by atoms with Crippen LogP contribution in [0.4, 0.5) is 0 Å². The van der Waals surface area contributed by atoms with Crippen molar-refractivity contribution < 1.29 is 21.2 Å². The van der Waals surface area contributed by atoms with Crippen molar-refractivity contribution in [2.45, 2.75) is 6.92 Å². The maximum absolute atomic E-state index is 3.84. The van der Waals surface area contributed by atoms with Crippen molar-refractivity contribution in [1.82, 2.24) is 10.2 Å². The molecule has 0 aliphatic carbocycles. The molecule has 0 spiro atoms. The topological polar surface area (TPSA) is 28.7 Å². The number of nitrogens with zero attached hydrogens (tertiary/aromatic N) is 1. The second kappa shape index (κ2) is 3.06. The molecule has 0 saturated carbocycles.